The highest BCUT2D eigenvalue weighted by atomic mass is 32.2. The number of carbonyl (C=O) groups excluding carboxylic acids is 1. The smallest absolute Gasteiger partial charge is 0.316 e. The second-order valence-electron chi connectivity index (χ2n) is 5.19. The Hall–Kier alpha value is -2.65. The molecular formula is C17H17N5O2S2. The van der Waals surface area contributed by atoms with Crippen molar-refractivity contribution >= 4 is 40.7 Å². The first kappa shape index (κ1) is 18.2. The van der Waals surface area contributed by atoms with Crippen molar-refractivity contribution in [1.82, 2.24) is 15.2 Å². The van der Waals surface area contributed by atoms with Gasteiger partial charge in [-0.15, -0.1) is 16.4 Å². The minimum Gasteiger partial charge on any atom is -0.460 e. The van der Waals surface area contributed by atoms with Crippen LogP contribution in [0.15, 0.2) is 58.1 Å². The summed E-state index contributed by atoms with van der Waals surface area (Å²) in [5.41, 5.74) is 4.63. The van der Waals surface area contributed by atoms with Crippen molar-refractivity contribution < 1.29 is 9.53 Å². The Bertz CT molecular complexity index is 862. The van der Waals surface area contributed by atoms with Gasteiger partial charge in [0.1, 0.15) is 6.61 Å². The second kappa shape index (κ2) is 9.16. The molecule has 0 amide bonds. The van der Waals surface area contributed by atoms with Crippen LogP contribution in [-0.4, -0.2) is 32.6 Å². The van der Waals surface area contributed by atoms with Gasteiger partial charge in [-0.2, -0.15) is 10.1 Å². The van der Waals surface area contributed by atoms with Gasteiger partial charge in [0.05, 0.1) is 11.5 Å². The van der Waals surface area contributed by atoms with Crippen LogP contribution in [0.1, 0.15) is 17.4 Å². The third-order valence-corrected chi connectivity index (χ3v) is 5.03. The van der Waals surface area contributed by atoms with Gasteiger partial charge in [-0.25, -0.2) is 10.5 Å². The summed E-state index contributed by atoms with van der Waals surface area (Å²) in [6.07, 6.45) is 0. The number of hydrogen-bond donors (Lipinski definition) is 2. The van der Waals surface area contributed by atoms with E-state index in [0.29, 0.717) is 11.1 Å². The van der Waals surface area contributed by atoms with Crippen LogP contribution in [0.25, 0.3) is 0 Å². The van der Waals surface area contributed by atoms with E-state index in [0.717, 1.165) is 16.2 Å². The zero-order chi connectivity index (χ0) is 18.2. The predicted molar refractivity (Wildman–Crippen MR) is 103 cm³/mol. The molecule has 2 aromatic heterocycles. The van der Waals surface area contributed by atoms with Gasteiger partial charge in [-0.1, -0.05) is 48.2 Å². The van der Waals surface area contributed by atoms with Crippen LogP contribution in [0.2, 0.25) is 0 Å². The Morgan fingerprint density at radius 2 is 2.15 bits per heavy atom. The van der Waals surface area contributed by atoms with Gasteiger partial charge in [-0.3, -0.25) is 4.79 Å². The second-order valence-corrected chi connectivity index (χ2v) is 7.08. The molecule has 0 unspecified atom stereocenters. The van der Waals surface area contributed by atoms with E-state index in [-0.39, 0.29) is 18.3 Å². The molecule has 9 heteroatoms. The number of H-pyrrole nitrogens is 1. The van der Waals surface area contributed by atoms with E-state index < -0.39 is 0 Å². The number of rotatable bonds is 8. The van der Waals surface area contributed by atoms with Crippen molar-refractivity contribution in [3.8, 4) is 0 Å². The maximum atomic E-state index is 11.8. The first-order valence-corrected chi connectivity index (χ1v) is 9.66. The molecule has 7 nitrogen and oxygen atoms in total. The Balaban J connectivity index is 1.43. The van der Waals surface area contributed by atoms with E-state index in [1.165, 1.54) is 11.8 Å². The van der Waals surface area contributed by atoms with Gasteiger partial charge in [0.25, 0.3) is 0 Å². The molecule has 0 spiro atoms. The SMILES string of the molecule is C/C(=N\Nc1nc(SCC(=O)OCc2ccccc2)n[nH]1)c1cccs1. The van der Waals surface area contributed by atoms with Crippen molar-refractivity contribution in [2.24, 2.45) is 5.10 Å². The van der Waals surface area contributed by atoms with E-state index in [9.17, 15) is 4.79 Å². The first-order chi connectivity index (χ1) is 12.7. The summed E-state index contributed by atoms with van der Waals surface area (Å²) in [5.74, 6) is 0.243. The lowest BCUT2D eigenvalue weighted by Gasteiger charge is -2.03. The number of nitrogens with zero attached hydrogens (tertiary/aromatic N) is 3. The molecule has 0 fully saturated rings. The lowest BCUT2D eigenvalue weighted by atomic mass is 10.2. The van der Waals surface area contributed by atoms with Crippen LogP contribution in [0.4, 0.5) is 5.95 Å². The molecule has 3 rings (SSSR count). The standard InChI is InChI=1S/C17H17N5O2S2/c1-12(14-8-5-9-25-14)19-20-16-18-17(22-21-16)26-11-15(23)24-10-13-6-3-2-4-7-13/h2-9H,10-11H2,1H3,(H2,18,20,21,22)/b19-12+. The highest BCUT2D eigenvalue weighted by molar-refractivity contribution is 7.99. The van der Waals surface area contributed by atoms with Crippen LogP contribution < -0.4 is 5.43 Å². The summed E-state index contributed by atoms with van der Waals surface area (Å²) in [5, 5.41) is 13.5. The zero-order valence-electron chi connectivity index (χ0n) is 14.0. The van der Waals surface area contributed by atoms with Crippen LogP contribution in [0.5, 0.6) is 0 Å². The van der Waals surface area contributed by atoms with E-state index in [4.69, 9.17) is 4.74 Å². The van der Waals surface area contributed by atoms with Crippen molar-refractivity contribution in [1.29, 1.82) is 0 Å². The number of thioether (sulfide) groups is 1. The monoisotopic (exact) mass is 387 g/mol. The summed E-state index contributed by atoms with van der Waals surface area (Å²) >= 11 is 2.82. The molecule has 3 aromatic rings. The van der Waals surface area contributed by atoms with Crippen molar-refractivity contribution in [3.05, 3.63) is 58.3 Å². The van der Waals surface area contributed by atoms with Crippen LogP contribution >= 0.6 is 23.1 Å². The summed E-state index contributed by atoms with van der Waals surface area (Å²) in [6, 6.07) is 13.5. The number of hydrogen-bond acceptors (Lipinski definition) is 8. The Labute approximate surface area is 158 Å². The van der Waals surface area contributed by atoms with E-state index in [1.54, 1.807) is 11.3 Å². The normalized spacial score (nSPS) is 11.3. The molecule has 0 aliphatic rings. The fourth-order valence-corrected chi connectivity index (χ4v) is 3.21. The summed E-state index contributed by atoms with van der Waals surface area (Å²) in [7, 11) is 0. The van der Waals surface area contributed by atoms with Gasteiger partial charge in [0.2, 0.25) is 11.1 Å². The Morgan fingerprint density at radius 3 is 2.92 bits per heavy atom. The maximum Gasteiger partial charge on any atom is 0.316 e. The molecular weight excluding hydrogens is 370 g/mol. The Morgan fingerprint density at radius 1 is 1.31 bits per heavy atom. The lowest BCUT2D eigenvalue weighted by Crippen LogP contribution is -2.07. The average Bonchev–Trinajstić information content (AvgIpc) is 3.35. The molecule has 0 aliphatic carbocycles. The molecule has 0 saturated heterocycles. The topological polar surface area (TPSA) is 92.3 Å². The molecule has 0 radical (unpaired) electrons. The summed E-state index contributed by atoms with van der Waals surface area (Å²) < 4.78 is 5.22. The third kappa shape index (κ3) is 5.43. The molecule has 0 saturated carbocycles. The fraction of sp³-hybridized carbons (Fsp3) is 0.176. The quantitative estimate of drug-likeness (QED) is 0.266. The summed E-state index contributed by atoms with van der Waals surface area (Å²) in [4.78, 5) is 17.1. The van der Waals surface area contributed by atoms with Crippen molar-refractivity contribution in [2.45, 2.75) is 18.7 Å². The molecule has 0 bridgehead atoms. The van der Waals surface area contributed by atoms with Crippen LogP contribution in [0.3, 0.4) is 0 Å². The molecule has 2 heterocycles. The molecule has 2 N–H and O–H groups in total. The molecule has 0 aliphatic heterocycles. The number of anilines is 1. The van der Waals surface area contributed by atoms with Crippen LogP contribution in [-0.2, 0) is 16.1 Å². The highest BCUT2D eigenvalue weighted by Crippen LogP contribution is 2.15. The van der Waals surface area contributed by atoms with Gasteiger partial charge >= 0.3 is 5.97 Å². The predicted octanol–water partition coefficient (Wildman–Crippen LogP) is 3.54. The summed E-state index contributed by atoms with van der Waals surface area (Å²) in [6.45, 7) is 2.17. The number of hydrazone groups is 1. The number of aromatic amines is 1. The number of ether oxygens (including phenoxy) is 1. The number of thiophene rings is 1. The number of esters is 1. The van der Waals surface area contributed by atoms with Gasteiger partial charge in [0.15, 0.2) is 0 Å². The fourth-order valence-electron chi connectivity index (χ4n) is 1.94. The largest absolute Gasteiger partial charge is 0.460 e. The highest BCUT2D eigenvalue weighted by Gasteiger charge is 2.09. The Kier molecular flexibility index (Phi) is 6.39. The third-order valence-electron chi connectivity index (χ3n) is 3.23. The zero-order valence-corrected chi connectivity index (χ0v) is 15.6. The molecule has 134 valence electrons. The van der Waals surface area contributed by atoms with Crippen LogP contribution in [0, 0.1) is 0 Å². The van der Waals surface area contributed by atoms with Gasteiger partial charge < -0.3 is 4.74 Å². The number of nitrogens with one attached hydrogen (secondary N) is 2. The minimum absolute atomic E-state index is 0.140. The van der Waals surface area contributed by atoms with Gasteiger partial charge in [-0.05, 0) is 23.9 Å². The number of benzene rings is 1. The van der Waals surface area contributed by atoms with E-state index in [1.807, 2.05) is 54.8 Å². The average molecular weight is 387 g/mol. The van der Waals surface area contributed by atoms with Crippen molar-refractivity contribution in [3.63, 3.8) is 0 Å². The molecule has 0 atom stereocenters. The molecule has 1 aromatic carbocycles. The molecule has 26 heavy (non-hydrogen) atoms. The van der Waals surface area contributed by atoms with E-state index >= 15 is 0 Å². The first-order valence-electron chi connectivity index (χ1n) is 7.79. The minimum atomic E-state index is -0.315. The van der Waals surface area contributed by atoms with E-state index in [2.05, 4.69) is 25.7 Å². The van der Waals surface area contributed by atoms with Gasteiger partial charge in [0, 0.05) is 4.88 Å². The maximum absolute atomic E-state index is 11.8. The number of aromatic nitrogens is 3. The lowest BCUT2D eigenvalue weighted by molar-refractivity contribution is -0.141. The number of carbonyl (C=O) groups is 1. The van der Waals surface area contributed by atoms with Crippen molar-refractivity contribution in [2.75, 3.05) is 11.2 Å².